The molecule has 1 unspecified atom stereocenters. The van der Waals surface area contributed by atoms with Gasteiger partial charge in [0.15, 0.2) is 5.60 Å². The Hall–Kier alpha value is -3.04. The van der Waals surface area contributed by atoms with Crippen molar-refractivity contribution >= 4 is 24.2 Å². The summed E-state index contributed by atoms with van der Waals surface area (Å²) in [6.45, 7) is 8.27. The third kappa shape index (κ3) is 5.62. The van der Waals surface area contributed by atoms with Crippen LogP contribution in [0.2, 0.25) is 0 Å². The molecule has 2 aromatic rings. The molecule has 0 amide bonds. The topological polar surface area (TPSA) is 83.8 Å². The van der Waals surface area contributed by atoms with Gasteiger partial charge >= 0.3 is 5.97 Å². The monoisotopic (exact) mass is 533 g/mol. The Morgan fingerprint density at radius 2 is 1.81 bits per heavy atom. The Morgan fingerprint density at radius 3 is 2.38 bits per heavy atom. The second-order valence-electron chi connectivity index (χ2n) is 9.71. The average molecular weight is 534 g/mol. The molecule has 3 heterocycles. The van der Waals surface area contributed by atoms with E-state index in [1.54, 1.807) is 12.1 Å². The van der Waals surface area contributed by atoms with Gasteiger partial charge in [-0.3, -0.25) is 9.69 Å². The van der Waals surface area contributed by atoms with E-state index >= 15 is 0 Å². The number of ether oxygens (including phenoxy) is 2. The maximum Gasteiger partial charge on any atom is 0.308 e. The van der Waals surface area contributed by atoms with Gasteiger partial charge in [-0.05, 0) is 55.7 Å². The molecule has 5 rings (SSSR count). The molecule has 0 aliphatic carbocycles. The molecular weight excluding hydrogens is 501 g/mol. The summed E-state index contributed by atoms with van der Waals surface area (Å²) in [4.78, 5) is 21.5. The molecular formula is C27H33ClFN3O5. The summed E-state index contributed by atoms with van der Waals surface area (Å²) in [5.74, 6) is 0.920. The van der Waals surface area contributed by atoms with Crippen LogP contribution in [0.3, 0.4) is 0 Å². The summed E-state index contributed by atoms with van der Waals surface area (Å²) in [6.07, 6.45) is 1.35. The minimum Gasteiger partial charge on any atom is -0.493 e. The normalized spacial score (nSPS) is 20.1. The SMILES string of the molecule is CCOc1cc(CN2CC3(CC(N4CCC(C(=O)O)C4)=NO3)C2)cc(OCC)c1-c1ccc(F)cc1.Cl. The second kappa shape index (κ2) is 11.1. The first kappa shape index (κ1) is 27.0. The number of nitrogens with zero attached hydrogens (tertiary/aromatic N) is 3. The number of carbonyl (C=O) groups is 1. The number of rotatable bonds is 8. The Morgan fingerprint density at radius 1 is 1.16 bits per heavy atom. The first-order valence-corrected chi connectivity index (χ1v) is 12.5. The summed E-state index contributed by atoms with van der Waals surface area (Å²) in [5, 5.41) is 13.6. The van der Waals surface area contributed by atoms with Crippen molar-refractivity contribution in [2.75, 3.05) is 39.4 Å². The highest BCUT2D eigenvalue weighted by Gasteiger charge is 2.51. The molecule has 0 saturated carbocycles. The lowest BCUT2D eigenvalue weighted by molar-refractivity contribution is -0.141. The van der Waals surface area contributed by atoms with Gasteiger partial charge in [0.2, 0.25) is 0 Å². The van der Waals surface area contributed by atoms with E-state index in [1.807, 2.05) is 30.9 Å². The highest BCUT2D eigenvalue weighted by molar-refractivity contribution is 5.86. The van der Waals surface area contributed by atoms with Gasteiger partial charge in [0.1, 0.15) is 23.2 Å². The summed E-state index contributed by atoms with van der Waals surface area (Å²) in [7, 11) is 0. The van der Waals surface area contributed by atoms with Gasteiger partial charge in [0.25, 0.3) is 0 Å². The van der Waals surface area contributed by atoms with Crippen molar-refractivity contribution in [3.05, 3.63) is 47.8 Å². The molecule has 0 radical (unpaired) electrons. The Labute approximate surface area is 222 Å². The van der Waals surface area contributed by atoms with Crippen LogP contribution in [0.5, 0.6) is 11.5 Å². The average Bonchev–Trinajstić information content (AvgIpc) is 3.48. The quantitative estimate of drug-likeness (QED) is 0.538. The number of halogens is 2. The number of oxime groups is 1. The summed E-state index contributed by atoms with van der Waals surface area (Å²) < 4.78 is 25.5. The zero-order valence-electron chi connectivity index (χ0n) is 21.1. The van der Waals surface area contributed by atoms with E-state index < -0.39 is 5.97 Å². The molecule has 1 spiro atoms. The van der Waals surface area contributed by atoms with Crippen LogP contribution in [0.1, 0.15) is 32.3 Å². The molecule has 0 aromatic heterocycles. The van der Waals surface area contributed by atoms with Crippen LogP contribution in [0.15, 0.2) is 41.6 Å². The zero-order valence-corrected chi connectivity index (χ0v) is 21.9. The van der Waals surface area contributed by atoms with Gasteiger partial charge in [0, 0.05) is 32.7 Å². The summed E-state index contributed by atoms with van der Waals surface area (Å²) in [6, 6.07) is 10.4. The maximum absolute atomic E-state index is 13.5. The molecule has 3 aliphatic rings. The minimum atomic E-state index is -0.746. The number of likely N-dealkylation sites (tertiary alicyclic amines) is 2. The first-order valence-electron chi connectivity index (χ1n) is 12.5. The fourth-order valence-electron chi connectivity index (χ4n) is 5.35. The fraction of sp³-hybridized carbons (Fsp3) is 0.481. The van der Waals surface area contributed by atoms with Crippen molar-refractivity contribution in [1.82, 2.24) is 9.80 Å². The van der Waals surface area contributed by atoms with Gasteiger partial charge in [-0.1, -0.05) is 17.3 Å². The van der Waals surface area contributed by atoms with Crippen molar-refractivity contribution in [2.24, 2.45) is 11.1 Å². The third-order valence-electron chi connectivity index (χ3n) is 7.02. The Balaban J connectivity index is 0.00000320. The number of benzene rings is 2. The van der Waals surface area contributed by atoms with Gasteiger partial charge in [-0.2, -0.15) is 0 Å². The van der Waals surface area contributed by atoms with Gasteiger partial charge < -0.3 is 24.3 Å². The maximum atomic E-state index is 13.5. The molecule has 2 fully saturated rings. The molecule has 200 valence electrons. The van der Waals surface area contributed by atoms with Crippen LogP contribution in [0.4, 0.5) is 4.39 Å². The van der Waals surface area contributed by atoms with E-state index in [-0.39, 0.29) is 29.7 Å². The van der Waals surface area contributed by atoms with Crippen molar-refractivity contribution in [3.8, 4) is 22.6 Å². The second-order valence-corrected chi connectivity index (χ2v) is 9.71. The fourth-order valence-corrected chi connectivity index (χ4v) is 5.35. The number of aliphatic carboxylic acids is 1. The number of hydrogen-bond acceptors (Lipinski definition) is 7. The number of hydrogen-bond donors (Lipinski definition) is 1. The predicted molar refractivity (Wildman–Crippen MR) is 140 cm³/mol. The molecule has 8 nitrogen and oxygen atoms in total. The van der Waals surface area contributed by atoms with Gasteiger partial charge in [0.05, 0.1) is 31.1 Å². The van der Waals surface area contributed by atoms with Gasteiger partial charge in [-0.15, -0.1) is 12.4 Å². The van der Waals surface area contributed by atoms with E-state index in [0.29, 0.717) is 57.2 Å². The molecule has 2 aromatic carbocycles. The Bertz CT molecular complexity index is 1130. The first-order chi connectivity index (χ1) is 17.4. The lowest BCUT2D eigenvalue weighted by Gasteiger charge is -2.45. The van der Waals surface area contributed by atoms with Crippen molar-refractivity contribution in [3.63, 3.8) is 0 Å². The van der Waals surface area contributed by atoms with E-state index in [0.717, 1.165) is 35.6 Å². The number of amidine groups is 1. The van der Waals surface area contributed by atoms with Crippen molar-refractivity contribution < 1.29 is 28.6 Å². The number of carboxylic acid groups (broad SMARTS) is 1. The predicted octanol–water partition coefficient (Wildman–Crippen LogP) is 4.41. The van der Waals surface area contributed by atoms with Crippen molar-refractivity contribution in [2.45, 2.75) is 38.8 Å². The smallest absolute Gasteiger partial charge is 0.308 e. The van der Waals surface area contributed by atoms with E-state index in [2.05, 4.69) is 10.1 Å². The Kier molecular flexibility index (Phi) is 8.14. The standard InChI is InChI=1S/C27H32FN3O5.ClH/c1-3-34-22-11-18(12-23(35-4-2)25(22)19-5-7-21(28)8-6-19)14-30-16-27(17-30)13-24(29-36-27)31-10-9-20(15-31)26(32)33;/h5-8,11-12,20H,3-4,9-10,13-17H2,1-2H3,(H,32,33);1H. The highest BCUT2D eigenvalue weighted by atomic mass is 35.5. The molecule has 2 saturated heterocycles. The van der Waals surface area contributed by atoms with Crippen molar-refractivity contribution in [1.29, 1.82) is 0 Å². The molecule has 10 heteroatoms. The largest absolute Gasteiger partial charge is 0.493 e. The summed E-state index contributed by atoms with van der Waals surface area (Å²) >= 11 is 0. The molecule has 0 bridgehead atoms. The van der Waals surface area contributed by atoms with Crippen LogP contribution in [-0.4, -0.2) is 71.7 Å². The highest BCUT2D eigenvalue weighted by Crippen LogP contribution is 2.42. The van der Waals surface area contributed by atoms with E-state index in [4.69, 9.17) is 14.3 Å². The number of carboxylic acids is 1. The summed E-state index contributed by atoms with van der Waals surface area (Å²) in [5.41, 5.74) is 2.39. The molecule has 3 aliphatic heterocycles. The van der Waals surface area contributed by atoms with E-state index in [9.17, 15) is 14.3 Å². The molecule has 1 atom stereocenters. The van der Waals surface area contributed by atoms with Crippen LogP contribution < -0.4 is 9.47 Å². The van der Waals surface area contributed by atoms with E-state index in [1.165, 1.54) is 12.1 Å². The minimum absolute atomic E-state index is 0. The van der Waals surface area contributed by atoms with Crippen LogP contribution >= 0.6 is 12.4 Å². The third-order valence-corrected chi connectivity index (χ3v) is 7.02. The molecule has 1 N–H and O–H groups in total. The lowest BCUT2D eigenvalue weighted by Crippen LogP contribution is -2.61. The van der Waals surface area contributed by atoms with Crippen LogP contribution in [0.25, 0.3) is 11.1 Å². The van der Waals surface area contributed by atoms with Gasteiger partial charge in [-0.25, -0.2) is 4.39 Å². The van der Waals surface area contributed by atoms with Crippen LogP contribution in [0, 0.1) is 11.7 Å². The molecule has 37 heavy (non-hydrogen) atoms. The lowest BCUT2D eigenvalue weighted by atomic mass is 9.89. The van der Waals surface area contributed by atoms with Crippen LogP contribution in [-0.2, 0) is 16.2 Å². The zero-order chi connectivity index (χ0) is 25.3.